The summed E-state index contributed by atoms with van der Waals surface area (Å²) in [5.74, 6) is 0.872. The SMILES string of the molecule is CCOc1ccc(N)cc1.c1cc2cccc3c4cccc5cccc(c(c1)c23)c54. The molecule has 0 bridgehead atoms. The minimum Gasteiger partial charge on any atom is -0.494 e. The van der Waals surface area contributed by atoms with Crippen LogP contribution in [0.25, 0.3) is 43.1 Å². The smallest absolute Gasteiger partial charge is 0.119 e. The molecule has 0 saturated heterocycles. The van der Waals surface area contributed by atoms with E-state index < -0.39 is 0 Å². The Bertz CT molecular complexity index is 1280. The third-order valence-electron chi connectivity index (χ3n) is 5.58. The van der Waals surface area contributed by atoms with E-state index in [1.165, 1.54) is 43.1 Å². The van der Waals surface area contributed by atoms with Gasteiger partial charge in [0, 0.05) is 5.69 Å². The molecule has 0 aliphatic carbocycles. The van der Waals surface area contributed by atoms with Crippen LogP contribution in [0.3, 0.4) is 0 Å². The van der Waals surface area contributed by atoms with E-state index in [-0.39, 0.29) is 0 Å². The van der Waals surface area contributed by atoms with Crippen LogP contribution in [-0.2, 0) is 0 Å². The van der Waals surface area contributed by atoms with Crippen molar-refractivity contribution in [3.63, 3.8) is 0 Å². The topological polar surface area (TPSA) is 35.2 Å². The van der Waals surface area contributed by atoms with Crippen molar-refractivity contribution in [1.29, 1.82) is 0 Å². The van der Waals surface area contributed by atoms with Crippen LogP contribution in [0.15, 0.2) is 97.1 Å². The number of hydrogen-bond donors (Lipinski definition) is 1. The predicted octanol–water partition coefficient (Wildman–Crippen LogP) is 7.40. The van der Waals surface area contributed by atoms with Gasteiger partial charge in [0.1, 0.15) is 5.75 Å². The zero-order valence-corrected chi connectivity index (χ0v) is 16.9. The maximum Gasteiger partial charge on any atom is 0.119 e. The number of ether oxygens (including phenoxy) is 1. The molecule has 0 saturated carbocycles. The van der Waals surface area contributed by atoms with Crippen LogP contribution in [0.1, 0.15) is 6.92 Å². The molecule has 30 heavy (non-hydrogen) atoms. The molecule has 0 atom stereocenters. The van der Waals surface area contributed by atoms with Crippen LogP contribution in [0, 0.1) is 0 Å². The van der Waals surface area contributed by atoms with Crippen molar-refractivity contribution < 1.29 is 4.74 Å². The molecule has 6 rings (SSSR count). The van der Waals surface area contributed by atoms with Crippen molar-refractivity contribution in [3.8, 4) is 5.75 Å². The van der Waals surface area contributed by atoms with Crippen LogP contribution in [0.2, 0.25) is 0 Å². The van der Waals surface area contributed by atoms with E-state index in [2.05, 4.69) is 72.8 Å². The fourth-order valence-corrected chi connectivity index (χ4v) is 4.31. The highest BCUT2D eigenvalue weighted by Gasteiger charge is 2.11. The summed E-state index contributed by atoms with van der Waals surface area (Å²) in [4.78, 5) is 0. The Balaban J connectivity index is 0.000000164. The van der Waals surface area contributed by atoms with Crippen LogP contribution in [0.4, 0.5) is 5.69 Å². The van der Waals surface area contributed by atoms with E-state index in [4.69, 9.17) is 10.5 Å². The Morgan fingerprint density at radius 3 is 1.33 bits per heavy atom. The molecule has 0 amide bonds. The molecular formula is C28H23NO. The minimum absolute atomic E-state index is 0.698. The van der Waals surface area contributed by atoms with Gasteiger partial charge in [-0.25, -0.2) is 0 Å². The number of nitrogen functional groups attached to an aromatic ring is 1. The Hall–Kier alpha value is -3.78. The summed E-state index contributed by atoms with van der Waals surface area (Å²) in [7, 11) is 0. The summed E-state index contributed by atoms with van der Waals surface area (Å²) in [6, 6.07) is 33.8. The standard InChI is InChI=1S/C20H12.C8H11NO/c1-5-13-6-2-11-17-18-12-4-8-14-7-3-10-16(20(14)18)15(9-1)19(13)17;1-2-10-8-5-3-7(9)4-6-8/h1-12H;3-6H,2,9H2,1H3. The molecule has 0 aliphatic heterocycles. The van der Waals surface area contributed by atoms with Crippen LogP contribution < -0.4 is 10.5 Å². The van der Waals surface area contributed by atoms with Gasteiger partial charge in [-0.2, -0.15) is 0 Å². The fraction of sp³-hybridized carbons (Fsp3) is 0.0714. The average Bonchev–Trinajstić information content (AvgIpc) is 2.79. The second kappa shape index (κ2) is 7.57. The van der Waals surface area contributed by atoms with E-state index >= 15 is 0 Å². The Kier molecular flexibility index (Phi) is 4.61. The molecule has 0 radical (unpaired) electrons. The van der Waals surface area contributed by atoms with E-state index in [0.717, 1.165) is 11.4 Å². The summed E-state index contributed by atoms with van der Waals surface area (Å²) in [5, 5.41) is 10.9. The maximum atomic E-state index is 5.47. The van der Waals surface area contributed by atoms with Gasteiger partial charge in [-0.3, -0.25) is 0 Å². The number of hydrogen-bond acceptors (Lipinski definition) is 2. The van der Waals surface area contributed by atoms with E-state index in [1.807, 2.05) is 31.2 Å². The third kappa shape index (κ3) is 3.07. The van der Waals surface area contributed by atoms with Gasteiger partial charge < -0.3 is 10.5 Å². The highest BCUT2D eigenvalue weighted by molar-refractivity contribution is 6.32. The quantitative estimate of drug-likeness (QED) is 0.190. The predicted molar refractivity (Wildman–Crippen MR) is 130 cm³/mol. The van der Waals surface area contributed by atoms with Gasteiger partial charge >= 0.3 is 0 Å². The zero-order chi connectivity index (χ0) is 20.5. The van der Waals surface area contributed by atoms with Gasteiger partial charge in [-0.1, -0.05) is 72.8 Å². The molecule has 0 aliphatic rings. The van der Waals surface area contributed by atoms with E-state index in [0.29, 0.717) is 6.61 Å². The van der Waals surface area contributed by atoms with Gasteiger partial charge in [-0.15, -0.1) is 0 Å². The minimum atomic E-state index is 0.698. The lowest BCUT2D eigenvalue weighted by Gasteiger charge is -2.13. The molecular weight excluding hydrogens is 366 g/mol. The maximum absolute atomic E-state index is 5.47. The zero-order valence-electron chi connectivity index (χ0n) is 16.9. The lowest BCUT2D eigenvalue weighted by molar-refractivity contribution is 0.340. The van der Waals surface area contributed by atoms with Gasteiger partial charge in [-0.05, 0) is 74.3 Å². The van der Waals surface area contributed by atoms with Gasteiger partial charge in [0.2, 0.25) is 0 Å². The summed E-state index contributed by atoms with van der Waals surface area (Å²) >= 11 is 0. The Labute approximate surface area is 175 Å². The largest absolute Gasteiger partial charge is 0.494 e. The second-order valence-corrected chi connectivity index (χ2v) is 7.42. The highest BCUT2D eigenvalue weighted by atomic mass is 16.5. The molecule has 0 spiro atoms. The molecule has 2 heteroatoms. The van der Waals surface area contributed by atoms with E-state index in [1.54, 1.807) is 0 Å². The van der Waals surface area contributed by atoms with Gasteiger partial charge in [0.15, 0.2) is 0 Å². The monoisotopic (exact) mass is 389 g/mol. The van der Waals surface area contributed by atoms with Crippen molar-refractivity contribution in [1.82, 2.24) is 0 Å². The lowest BCUT2D eigenvalue weighted by atomic mass is 9.90. The summed E-state index contributed by atoms with van der Waals surface area (Å²) < 4.78 is 5.21. The Morgan fingerprint density at radius 1 is 0.567 bits per heavy atom. The first-order valence-electron chi connectivity index (χ1n) is 10.3. The normalized spacial score (nSPS) is 11.1. The molecule has 146 valence electrons. The number of rotatable bonds is 2. The van der Waals surface area contributed by atoms with Crippen molar-refractivity contribution >= 4 is 48.8 Å². The van der Waals surface area contributed by atoms with Crippen LogP contribution >= 0.6 is 0 Å². The number of nitrogens with two attached hydrogens (primary N) is 1. The van der Waals surface area contributed by atoms with Crippen LogP contribution in [0.5, 0.6) is 5.75 Å². The van der Waals surface area contributed by atoms with Crippen molar-refractivity contribution in [3.05, 3.63) is 97.1 Å². The third-order valence-corrected chi connectivity index (χ3v) is 5.58. The second-order valence-electron chi connectivity index (χ2n) is 7.42. The first-order valence-corrected chi connectivity index (χ1v) is 10.3. The molecule has 0 fully saturated rings. The van der Waals surface area contributed by atoms with E-state index in [9.17, 15) is 0 Å². The molecule has 2 nitrogen and oxygen atoms in total. The molecule has 0 heterocycles. The van der Waals surface area contributed by atoms with Crippen molar-refractivity contribution in [2.24, 2.45) is 0 Å². The first-order chi connectivity index (χ1) is 14.8. The molecule has 6 aromatic carbocycles. The molecule has 0 aromatic heterocycles. The average molecular weight is 389 g/mol. The van der Waals surface area contributed by atoms with Gasteiger partial charge in [0.25, 0.3) is 0 Å². The number of anilines is 1. The van der Waals surface area contributed by atoms with Gasteiger partial charge in [0.05, 0.1) is 6.61 Å². The Morgan fingerprint density at radius 2 is 0.967 bits per heavy atom. The van der Waals surface area contributed by atoms with Crippen molar-refractivity contribution in [2.45, 2.75) is 6.92 Å². The van der Waals surface area contributed by atoms with Crippen LogP contribution in [-0.4, -0.2) is 6.61 Å². The highest BCUT2D eigenvalue weighted by Crippen LogP contribution is 2.39. The summed E-state index contributed by atoms with van der Waals surface area (Å²) in [6.45, 7) is 2.65. The molecule has 0 unspecified atom stereocenters. The molecule has 6 aromatic rings. The fourth-order valence-electron chi connectivity index (χ4n) is 4.31. The number of fused-ring (bicyclic) bond motifs is 2. The number of benzene rings is 6. The lowest BCUT2D eigenvalue weighted by Crippen LogP contribution is -1.91. The summed E-state index contributed by atoms with van der Waals surface area (Å²) in [6.07, 6.45) is 0. The summed E-state index contributed by atoms with van der Waals surface area (Å²) in [5.41, 5.74) is 6.23. The molecule has 2 N–H and O–H groups in total. The first kappa shape index (κ1) is 18.3. The van der Waals surface area contributed by atoms with Crippen molar-refractivity contribution in [2.75, 3.05) is 12.3 Å².